The fraction of sp³-hybridized carbons (Fsp3) is 0.857. The van der Waals surface area contributed by atoms with Crippen molar-refractivity contribution < 1.29 is 14.4 Å². The highest BCUT2D eigenvalue weighted by Gasteiger charge is 2.32. The Kier molecular flexibility index (Phi) is 9.09. The normalized spacial score (nSPS) is 21.1. The summed E-state index contributed by atoms with van der Waals surface area (Å²) in [6.45, 7) is 13.4. The third-order valence-electron chi connectivity index (χ3n) is 5.41. The summed E-state index contributed by atoms with van der Waals surface area (Å²) >= 11 is 0. The first-order valence-electron chi connectivity index (χ1n) is 10.6. The minimum absolute atomic E-state index is 0.0859. The molecular weight excluding hydrogens is 370 g/mol. The molecule has 29 heavy (non-hydrogen) atoms. The molecular formula is C21H41N5O3. The third-order valence-corrected chi connectivity index (χ3v) is 5.41. The molecule has 7 N–H and O–H groups in total. The summed E-state index contributed by atoms with van der Waals surface area (Å²) in [4.78, 5) is 37.0. The van der Waals surface area contributed by atoms with Gasteiger partial charge in [0, 0.05) is 25.0 Å². The first kappa shape index (κ1) is 25.4. The van der Waals surface area contributed by atoms with E-state index in [1.807, 2.05) is 0 Å². The molecule has 0 unspecified atom stereocenters. The van der Waals surface area contributed by atoms with Crippen LogP contribution < -0.4 is 27.4 Å². The van der Waals surface area contributed by atoms with E-state index in [1.54, 1.807) is 0 Å². The Morgan fingerprint density at radius 1 is 1.17 bits per heavy atom. The van der Waals surface area contributed by atoms with Crippen LogP contribution in [0.5, 0.6) is 0 Å². The van der Waals surface area contributed by atoms with Gasteiger partial charge >= 0.3 is 0 Å². The van der Waals surface area contributed by atoms with Crippen LogP contribution in [0, 0.1) is 16.7 Å². The van der Waals surface area contributed by atoms with Gasteiger partial charge in [0.05, 0.1) is 6.04 Å². The summed E-state index contributed by atoms with van der Waals surface area (Å²) in [6, 6.07) is -1.52. The molecule has 0 aliphatic carbocycles. The molecule has 0 aromatic rings. The smallest absolute Gasteiger partial charge is 0.240 e. The highest BCUT2D eigenvalue weighted by atomic mass is 16.2. The predicted octanol–water partition coefficient (Wildman–Crippen LogP) is 0.641. The van der Waals surface area contributed by atoms with Gasteiger partial charge in [0.1, 0.15) is 6.04 Å². The van der Waals surface area contributed by atoms with Crippen molar-refractivity contribution in [1.82, 2.24) is 16.0 Å². The number of carbonyl (C=O) groups is 3. The van der Waals surface area contributed by atoms with Crippen LogP contribution in [-0.2, 0) is 14.4 Å². The van der Waals surface area contributed by atoms with Crippen LogP contribution in [0.25, 0.3) is 0 Å². The molecule has 1 saturated heterocycles. The second kappa shape index (κ2) is 10.4. The van der Waals surface area contributed by atoms with E-state index in [2.05, 4.69) is 57.5 Å². The number of primary amides is 1. The number of piperidine rings is 1. The first-order chi connectivity index (χ1) is 13.2. The molecule has 0 aromatic carbocycles. The number of amides is 3. The third kappa shape index (κ3) is 9.12. The number of hydrogen-bond donors (Lipinski definition) is 5. The predicted molar refractivity (Wildman–Crippen MR) is 115 cm³/mol. The molecule has 0 spiro atoms. The van der Waals surface area contributed by atoms with E-state index in [0.717, 1.165) is 6.42 Å². The fourth-order valence-corrected chi connectivity index (χ4v) is 3.31. The van der Waals surface area contributed by atoms with Gasteiger partial charge in [-0.15, -0.1) is 0 Å². The lowest BCUT2D eigenvalue weighted by atomic mass is 9.85. The molecule has 1 rings (SSSR count). The van der Waals surface area contributed by atoms with E-state index in [-0.39, 0.29) is 41.0 Å². The van der Waals surface area contributed by atoms with Crippen LogP contribution in [0.3, 0.4) is 0 Å². The zero-order valence-corrected chi connectivity index (χ0v) is 18.9. The van der Waals surface area contributed by atoms with Gasteiger partial charge in [-0.2, -0.15) is 0 Å². The topological polar surface area (TPSA) is 139 Å². The summed E-state index contributed by atoms with van der Waals surface area (Å²) in [5, 5.41) is 8.84. The van der Waals surface area contributed by atoms with Crippen molar-refractivity contribution in [3.63, 3.8) is 0 Å². The zero-order valence-electron chi connectivity index (χ0n) is 18.9. The zero-order chi connectivity index (χ0) is 22.4. The molecule has 1 aliphatic rings. The molecule has 8 heteroatoms. The maximum atomic E-state index is 13.0. The average Bonchev–Trinajstić information content (AvgIpc) is 2.57. The number of hydrogen-bond acceptors (Lipinski definition) is 5. The van der Waals surface area contributed by atoms with Crippen molar-refractivity contribution in [3.05, 3.63) is 0 Å². The van der Waals surface area contributed by atoms with Crippen molar-refractivity contribution in [1.29, 1.82) is 0 Å². The van der Waals surface area contributed by atoms with E-state index in [4.69, 9.17) is 11.5 Å². The molecule has 1 fully saturated rings. The van der Waals surface area contributed by atoms with Gasteiger partial charge in [-0.05, 0) is 36.5 Å². The van der Waals surface area contributed by atoms with Crippen molar-refractivity contribution in [3.8, 4) is 0 Å². The Morgan fingerprint density at radius 2 is 1.79 bits per heavy atom. The van der Waals surface area contributed by atoms with Crippen molar-refractivity contribution in [2.24, 2.45) is 28.2 Å². The van der Waals surface area contributed by atoms with Gasteiger partial charge in [-0.25, -0.2) is 0 Å². The van der Waals surface area contributed by atoms with Gasteiger partial charge in [-0.3, -0.25) is 14.4 Å². The largest absolute Gasteiger partial charge is 0.368 e. The summed E-state index contributed by atoms with van der Waals surface area (Å²) in [6.07, 6.45) is 2.34. The molecule has 3 amide bonds. The molecule has 0 aromatic heterocycles. The van der Waals surface area contributed by atoms with E-state index in [1.165, 1.54) is 0 Å². The maximum absolute atomic E-state index is 13.0. The van der Waals surface area contributed by atoms with Gasteiger partial charge in [0.25, 0.3) is 0 Å². The van der Waals surface area contributed by atoms with E-state index >= 15 is 0 Å². The Balaban J connectivity index is 2.83. The molecule has 0 saturated carbocycles. The van der Waals surface area contributed by atoms with Crippen LogP contribution in [0.2, 0.25) is 0 Å². The van der Waals surface area contributed by atoms with Gasteiger partial charge in [-0.1, -0.05) is 41.5 Å². The van der Waals surface area contributed by atoms with Crippen LogP contribution in [0.1, 0.15) is 67.2 Å². The average molecular weight is 412 g/mol. The van der Waals surface area contributed by atoms with Crippen LogP contribution in [-0.4, -0.2) is 48.9 Å². The second-order valence-corrected chi connectivity index (χ2v) is 10.5. The summed E-state index contributed by atoms with van der Waals surface area (Å²) in [7, 11) is 0. The number of nitrogens with two attached hydrogens (primary N) is 2. The SMILES string of the molecule is CC(C)(C)C[C@H](NC[C@@H](N)C(C)(C)C)C(=O)N[C@@H](C[C@@H]1CCCNC1=O)C(N)=O. The number of nitrogens with one attached hydrogen (secondary N) is 3. The second-order valence-electron chi connectivity index (χ2n) is 10.5. The Labute approximate surface area is 175 Å². The monoisotopic (exact) mass is 411 g/mol. The quantitative estimate of drug-likeness (QED) is 0.379. The molecule has 0 radical (unpaired) electrons. The van der Waals surface area contributed by atoms with E-state index in [0.29, 0.717) is 25.9 Å². The standard InChI is InChI=1S/C21H41N5O3/c1-20(2,3)11-15(25-12-16(22)21(4,5)6)19(29)26-14(17(23)27)10-13-8-7-9-24-18(13)28/h13-16,25H,7-12,22H2,1-6H3,(H2,23,27)(H,24,28)(H,26,29)/t13-,14-,15-,16+/m0/s1. The Hall–Kier alpha value is -1.67. The lowest BCUT2D eigenvalue weighted by Crippen LogP contribution is -2.56. The molecule has 4 atom stereocenters. The first-order valence-corrected chi connectivity index (χ1v) is 10.6. The molecule has 0 bridgehead atoms. The molecule has 1 aliphatic heterocycles. The lowest BCUT2D eigenvalue weighted by Gasteiger charge is -2.32. The van der Waals surface area contributed by atoms with Crippen LogP contribution in [0.15, 0.2) is 0 Å². The Morgan fingerprint density at radius 3 is 2.28 bits per heavy atom. The van der Waals surface area contributed by atoms with E-state index < -0.39 is 18.0 Å². The van der Waals surface area contributed by atoms with Crippen molar-refractivity contribution in [2.45, 2.75) is 85.4 Å². The minimum Gasteiger partial charge on any atom is -0.368 e. The molecule has 1 heterocycles. The summed E-state index contributed by atoms with van der Waals surface area (Å²) < 4.78 is 0. The Bertz CT molecular complexity index is 580. The van der Waals surface area contributed by atoms with Gasteiger partial charge in [0.15, 0.2) is 0 Å². The van der Waals surface area contributed by atoms with E-state index in [9.17, 15) is 14.4 Å². The van der Waals surface area contributed by atoms with Gasteiger partial charge in [0.2, 0.25) is 17.7 Å². The summed E-state index contributed by atoms with van der Waals surface area (Å²) in [5.41, 5.74) is 11.6. The number of rotatable bonds is 9. The number of carbonyl (C=O) groups excluding carboxylic acids is 3. The fourth-order valence-electron chi connectivity index (χ4n) is 3.31. The van der Waals surface area contributed by atoms with Gasteiger partial charge < -0.3 is 27.4 Å². The van der Waals surface area contributed by atoms with Crippen molar-refractivity contribution in [2.75, 3.05) is 13.1 Å². The minimum atomic E-state index is -0.878. The van der Waals surface area contributed by atoms with Crippen LogP contribution in [0.4, 0.5) is 0 Å². The molecule has 168 valence electrons. The molecule has 8 nitrogen and oxygen atoms in total. The summed E-state index contributed by atoms with van der Waals surface area (Å²) in [5.74, 6) is -1.32. The highest BCUT2D eigenvalue weighted by Crippen LogP contribution is 2.23. The van der Waals surface area contributed by atoms with Crippen LogP contribution >= 0.6 is 0 Å². The maximum Gasteiger partial charge on any atom is 0.240 e. The van der Waals surface area contributed by atoms with Crippen molar-refractivity contribution >= 4 is 17.7 Å². The lowest BCUT2D eigenvalue weighted by molar-refractivity contribution is -0.131. The highest BCUT2D eigenvalue weighted by molar-refractivity contribution is 5.89.